The number of nitrogens with zero attached hydrogens (tertiary/aromatic N) is 3. The highest BCUT2D eigenvalue weighted by Gasteiger charge is 2.27. The van der Waals surface area contributed by atoms with Gasteiger partial charge < -0.3 is 14.7 Å². The van der Waals surface area contributed by atoms with Crippen molar-refractivity contribution < 1.29 is 9.32 Å². The summed E-state index contributed by atoms with van der Waals surface area (Å²) in [5.41, 5.74) is 4.16. The Labute approximate surface area is 164 Å². The van der Waals surface area contributed by atoms with Crippen LogP contribution in [0.2, 0.25) is 0 Å². The highest BCUT2D eigenvalue weighted by atomic mass is 16.5. The zero-order valence-electron chi connectivity index (χ0n) is 16.2. The summed E-state index contributed by atoms with van der Waals surface area (Å²) < 4.78 is 5.49. The van der Waals surface area contributed by atoms with Gasteiger partial charge in [0.1, 0.15) is 0 Å². The number of benzene rings is 2. The number of nitrogens with one attached hydrogen (secondary N) is 1. The Bertz CT molecular complexity index is 960. The van der Waals surface area contributed by atoms with E-state index in [1.807, 2.05) is 60.4 Å². The fraction of sp³-hybridized carbons (Fsp3) is 0.318. The van der Waals surface area contributed by atoms with E-state index in [-0.39, 0.29) is 11.9 Å². The van der Waals surface area contributed by atoms with Gasteiger partial charge in [-0.15, -0.1) is 0 Å². The van der Waals surface area contributed by atoms with E-state index in [0.717, 1.165) is 24.1 Å². The molecule has 1 N–H and O–H groups in total. The van der Waals surface area contributed by atoms with E-state index in [4.69, 9.17) is 4.52 Å². The Kier molecular flexibility index (Phi) is 5.10. The minimum absolute atomic E-state index is 0.0581. The molecule has 0 spiro atoms. The fourth-order valence-electron chi connectivity index (χ4n) is 3.46. The first-order chi connectivity index (χ1) is 13.6. The molecule has 1 fully saturated rings. The number of carbonyl (C=O) groups is 1. The lowest BCUT2D eigenvalue weighted by atomic mass is 9.97. The molecule has 1 saturated heterocycles. The Morgan fingerprint density at radius 3 is 2.54 bits per heavy atom. The summed E-state index contributed by atoms with van der Waals surface area (Å²) in [7, 11) is 0. The first-order valence-corrected chi connectivity index (χ1v) is 9.62. The first kappa shape index (κ1) is 18.2. The van der Waals surface area contributed by atoms with Crippen molar-refractivity contribution in [3.8, 4) is 11.4 Å². The van der Waals surface area contributed by atoms with Crippen LogP contribution < -0.4 is 5.32 Å². The van der Waals surface area contributed by atoms with Gasteiger partial charge in [0, 0.05) is 30.3 Å². The zero-order chi connectivity index (χ0) is 19.5. The normalized spacial score (nSPS) is 14.9. The molecule has 28 heavy (non-hydrogen) atoms. The number of likely N-dealkylation sites (tertiary alicyclic amines) is 1. The van der Waals surface area contributed by atoms with E-state index in [1.165, 1.54) is 11.1 Å². The number of hydrogen-bond donors (Lipinski definition) is 1. The molecule has 1 aromatic heterocycles. The third-order valence-electron chi connectivity index (χ3n) is 5.36. The van der Waals surface area contributed by atoms with Crippen LogP contribution in [0.1, 0.15) is 35.8 Å². The van der Waals surface area contributed by atoms with E-state index in [1.54, 1.807) is 0 Å². The third kappa shape index (κ3) is 3.91. The molecule has 0 saturated carbocycles. The van der Waals surface area contributed by atoms with Crippen molar-refractivity contribution in [2.24, 2.45) is 0 Å². The number of piperidine rings is 1. The van der Waals surface area contributed by atoms with Crippen LogP contribution in [-0.4, -0.2) is 34.2 Å². The lowest BCUT2D eigenvalue weighted by molar-refractivity contribution is 0.187. The van der Waals surface area contributed by atoms with Crippen LogP contribution in [0.4, 0.5) is 10.5 Å². The maximum absolute atomic E-state index is 12.6. The van der Waals surface area contributed by atoms with Gasteiger partial charge in [-0.3, -0.25) is 0 Å². The van der Waals surface area contributed by atoms with E-state index < -0.39 is 0 Å². The van der Waals surface area contributed by atoms with Gasteiger partial charge in [0.2, 0.25) is 11.7 Å². The predicted octanol–water partition coefficient (Wildman–Crippen LogP) is 4.76. The van der Waals surface area contributed by atoms with Gasteiger partial charge in [0.25, 0.3) is 0 Å². The number of urea groups is 1. The molecule has 6 heteroatoms. The van der Waals surface area contributed by atoms with Crippen LogP contribution in [0.25, 0.3) is 11.4 Å². The average molecular weight is 376 g/mol. The van der Waals surface area contributed by atoms with Gasteiger partial charge in [0.15, 0.2) is 0 Å². The Balaban J connectivity index is 1.35. The minimum atomic E-state index is -0.0581. The highest BCUT2D eigenvalue weighted by Crippen LogP contribution is 2.29. The minimum Gasteiger partial charge on any atom is -0.339 e. The molecule has 2 aromatic carbocycles. The molecule has 0 unspecified atom stereocenters. The van der Waals surface area contributed by atoms with Gasteiger partial charge in [0.05, 0.1) is 0 Å². The summed E-state index contributed by atoms with van der Waals surface area (Å²) >= 11 is 0. The van der Waals surface area contributed by atoms with Gasteiger partial charge in [-0.1, -0.05) is 41.6 Å². The summed E-state index contributed by atoms with van der Waals surface area (Å²) in [5.74, 6) is 1.47. The Hall–Kier alpha value is -3.15. The van der Waals surface area contributed by atoms with Crippen molar-refractivity contribution in [1.29, 1.82) is 0 Å². The second-order valence-corrected chi connectivity index (χ2v) is 7.31. The number of amides is 2. The molecule has 2 heterocycles. The van der Waals surface area contributed by atoms with Crippen molar-refractivity contribution in [1.82, 2.24) is 15.0 Å². The maximum Gasteiger partial charge on any atom is 0.321 e. The van der Waals surface area contributed by atoms with Crippen molar-refractivity contribution in [2.75, 3.05) is 18.4 Å². The lowest BCUT2D eigenvalue weighted by Gasteiger charge is -2.30. The standard InChI is InChI=1S/C22H24N4O2/c1-15-8-9-19(14-16(15)2)23-22(27)26-12-10-18(11-13-26)21-24-20(25-28-21)17-6-4-3-5-7-17/h3-9,14,18H,10-13H2,1-2H3,(H,23,27). The van der Waals surface area contributed by atoms with Crippen molar-refractivity contribution in [3.63, 3.8) is 0 Å². The summed E-state index contributed by atoms with van der Waals surface area (Å²) in [6, 6.07) is 15.7. The number of anilines is 1. The van der Waals surface area contributed by atoms with Crippen LogP contribution in [0.15, 0.2) is 53.1 Å². The van der Waals surface area contributed by atoms with Crippen LogP contribution >= 0.6 is 0 Å². The zero-order valence-corrected chi connectivity index (χ0v) is 16.2. The molecule has 0 radical (unpaired) electrons. The van der Waals surface area contributed by atoms with E-state index in [9.17, 15) is 4.79 Å². The number of aryl methyl sites for hydroxylation is 2. The van der Waals surface area contributed by atoms with Crippen LogP contribution in [0.5, 0.6) is 0 Å². The summed E-state index contributed by atoms with van der Waals surface area (Å²) in [6.07, 6.45) is 1.63. The van der Waals surface area contributed by atoms with Crippen LogP contribution in [-0.2, 0) is 0 Å². The molecule has 3 aromatic rings. The van der Waals surface area contributed by atoms with E-state index >= 15 is 0 Å². The molecular formula is C22H24N4O2. The topological polar surface area (TPSA) is 71.3 Å². The number of hydrogen-bond acceptors (Lipinski definition) is 4. The van der Waals surface area contributed by atoms with Gasteiger partial charge in [-0.2, -0.15) is 4.98 Å². The molecular weight excluding hydrogens is 352 g/mol. The van der Waals surface area contributed by atoms with E-state index in [2.05, 4.69) is 22.4 Å². The molecule has 144 valence electrons. The van der Waals surface area contributed by atoms with Crippen LogP contribution in [0, 0.1) is 13.8 Å². The monoisotopic (exact) mass is 376 g/mol. The molecule has 6 nitrogen and oxygen atoms in total. The Morgan fingerprint density at radius 1 is 1.07 bits per heavy atom. The quantitative estimate of drug-likeness (QED) is 0.715. The number of aromatic nitrogens is 2. The second-order valence-electron chi connectivity index (χ2n) is 7.31. The summed E-state index contributed by atoms with van der Waals surface area (Å²) in [5, 5.41) is 7.10. The lowest BCUT2D eigenvalue weighted by Crippen LogP contribution is -2.40. The second kappa shape index (κ2) is 7.84. The largest absolute Gasteiger partial charge is 0.339 e. The average Bonchev–Trinajstić information content (AvgIpc) is 3.22. The summed E-state index contributed by atoms with van der Waals surface area (Å²) in [4.78, 5) is 19.0. The molecule has 1 aliphatic rings. The SMILES string of the molecule is Cc1ccc(NC(=O)N2CCC(c3nc(-c4ccccc4)no3)CC2)cc1C. The fourth-order valence-corrected chi connectivity index (χ4v) is 3.46. The van der Waals surface area contributed by atoms with Gasteiger partial charge in [-0.05, 0) is 49.9 Å². The molecule has 2 amide bonds. The molecule has 0 atom stereocenters. The number of carbonyl (C=O) groups excluding carboxylic acids is 1. The molecule has 0 aliphatic carbocycles. The third-order valence-corrected chi connectivity index (χ3v) is 5.36. The highest BCUT2D eigenvalue weighted by molar-refractivity contribution is 5.89. The predicted molar refractivity (Wildman–Crippen MR) is 108 cm³/mol. The van der Waals surface area contributed by atoms with Gasteiger partial charge >= 0.3 is 6.03 Å². The maximum atomic E-state index is 12.6. The van der Waals surface area contributed by atoms with Crippen LogP contribution in [0.3, 0.4) is 0 Å². The summed E-state index contributed by atoms with van der Waals surface area (Å²) in [6.45, 7) is 5.45. The van der Waals surface area contributed by atoms with Crippen molar-refractivity contribution >= 4 is 11.7 Å². The first-order valence-electron chi connectivity index (χ1n) is 9.62. The van der Waals surface area contributed by atoms with E-state index in [0.29, 0.717) is 24.8 Å². The van der Waals surface area contributed by atoms with Crippen molar-refractivity contribution in [2.45, 2.75) is 32.6 Å². The Morgan fingerprint density at radius 2 is 1.82 bits per heavy atom. The number of rotatable bonds is 3. The van der Waals surface area contributed by atoms with Gasteiger partial charge in [-0.25, -0.2) is 4.79 Å². The molecule has 4 rings (SSSR count). The van der Waals surface area contributed by atoms with Crippen molar-refractivity contribution in [3.05, 3.63) is 65.5 Å². The molecule has 1 aliphatic heterocycles. The smallest absolute Gasteiger partial charge is 0.321 e. The molecule has 0 bridgehead atoms.